The van der Waals surface area contributed by atoms with Gasteiger partial charge in [0.15, 0.2) is 5.78 Å². The van der Waals surface area contributed by atoms with Crippen molar-refractivity contribution >= 4 is 5.78 Å². The van der Waals surface area contributed by atoms with Crippen molar-refractivity contribution in [1.82, 2.24) is 0 Å². The van der Waals surface area contributed by atoms with E-state index in [1.54, 1.807) is 6.92 Å². The maximum Gasteiger partial charge on any atom is 0.161 e. The van der Waals surface area contributed by atoms with Gasteiger partial charge in [-0.05, 0) is 32.6 Å². The van der Waals surface area contributed by atoms with Crippen LogP contribution in [0.25, 0.3) is 0 Å². The average Bonchev–Trinajstić information content (AvgIpc) is 2.27. The third-order valence-electron chi connectivity index (χ3n) is 3.61. The van der Waals surface area contributed by atoms with E-state index in [4.69, 9.17) is 4.74 Å². The van der Waals surface area contributed by atoms with Crippen LogP contribution < -0.4 is 0 Å². The van der Waals surface area contributed by atoms with Crippen LogP contribution in [0.3, 0.4) is 0 Å². The Balaban J connectivity index is 2.67. The zero-order chi connectivity index (χ0) is 11.3. The molecule has 0 atom stereocenters. The minimum atomic E-state index is -0.436. The first kappa shape index (κ1) is 12.7. The van der Waals surface area contributed by atoms with Crippen LogP contribution in [0.5, 0.6) is 0 Å². The molecule has 1 rings (SSSR count). The van der Waals surface area contributed by atoms with E-state index in [0.717, 1.165) is 38.5 Å². The van der Waals surface area contributed by atoms with Crippen LogP contribution in [0.15, 0.2) is 0 Å². The summed E-state index contributed by atoms with van der Waals surface area (Å²) in [5, 5.41) is 0. The minimum absolute atomic E-state index is 0.231. The molecule has 2 nitrogen and oxygen atoms in total. The van der Waals surface area contributed by atoms with Gasteiger partial charge in [-0.2, -0.15) is 0 Å². The lowest BCUT2D eigenvalue weighted by molar-refractivity contribution is -0.158. The third-order valence-corrected chi connectivity index (χ3v) is 3.61. The lowest BCUT2D eigenvalue weighted by Crippen LogP contribution is -2.44. The van der Waals surface area contributed by atoms with Crippen molar-refractivity contribution in [3.05, 3.63) is 0 Å². The number of carbonyl (C=O) groups excluding carboxylic acids is 1. The van der Waals surface area contributed by atoms with Crippen molar-refractivity contribution in [3.8, 4) is 0 Å². The molecule has 2 heteroatoms. The SMILES string of the molecule is CCC(CC)OC1(C(C)=O)CCCCC1. The smallest absolute Gasteiger partial charge is 0.161 e. The molecule has 1 fully saturated rings. The summed E-state index contributed by atoms with van der Waals surface area (Å²) in [5.41, 5.74) is -0.436. The summed E-state index contributed by atoms with van der Waals surface area (Å²) in [6.07, 6.45) is 7.65. The van der Waals surface area contributed by atoms with E-state index in [9.17, 15) is 4.79 Å². The molecule has 1 saturated carbocycles. The molecule has 0 aliphatic heterocycles. The van der Waals surface area contributed by atoms with Crippen molar-refractivity contribution in [3.63, 3.8) is 0 Å². The molecule has 0 unspecified atom stereocenters. The Kier molecular flexibility index (Phi) is 4.78. The van der Waals surface area contributed by atoms with Gasteiger partial charge in [0, 0.05) is 0 Å². The first-order chi connectivity index (χ1) is 7.14. The van der Waals surface area contributed by atoms with Crippen molar-refractivity contribution in [2.24, 2.45) is 0 Å². The molecule has 0 heterocycles. The molecule has 1 aliphatic carbocycles. The standard InChI is InChI=1S/C13H24O2/c1-4-12(5-2)15-13(11(3)14)9-7-6-8-10-13/h12H,4-10H2,1-3H3. The number of ether oxygens (including phenoxy) is 1. The van der Waals surface area contributed by atoms with Gasteiger partial charge >= 0.3 is 0 Å². The lowest BCUT2D eigenvalue weighted by Gasteiger charge is -2.37. The highest BCUT2D eigenvalue weighted by atomic mass is 16.5. The van der Waals surface area contributed by atoms with Gasteiger partial charge in [-0.1, -0.05) is 33.1 Å². The third kappa shape index (κ3) is 3.04. The normalized spacial score (nSPS) is 20.5. The Labute approximate surface area is 93.4 Å². The highest BCUT2D eigenvalue weighted by Crippen LogP contribution is 2.34. The Hall–Kier alpha value is -0.370. The van der Waals surface area contributed by atoms with E-state index in [-0.39, 0.29) is 11.9 Å². The number of hydrogen-bond acceptors (Lipinski definition) is 2. The molecule has 0 spiro atoms. The number of Topliss-reactive ketones (excluding diaryl/α,β-unsaturated/α-hetero) is 1. The summed E-state index contributed by atoms with van der Waals surface area (Å²) < 4.78 is 6.09. The van der Waals surface area contributed by atoms with Gasteiger partial charge in [-0.25, -0.2) is 0 Å². The molecular formula is C13H24O2. The molecule has 0 amide bonds. The maximum absolute atomic E-state index is 11.8. The second-order valence-electron chi connectivity index (χ2n) is 4.67. The van der Waals surface area contributed by atoms with Crippen molar-refractivity contribution < 1.29 is 9.53 Å². The van der Waals surface area contributed by atoms with Crippen molar-refractivity contribution in [1.29, 1.82) is 0 Å². The molecule has 88 valence electrons. The minimum Gasteiger partial charge on any atom is -0.364 e. The van der Waals surface area contributed by atoms with Crippen molar-refractivity contribution in [2.75, 3.05) is 0 Å². The fraction of sp³-hybridized carbons (Fsp3) is 0.923. The summed E-state index contributed by atoms with van der Waals surface area (Å²) in [5.74, 6) is 0.231. The van der Waals surface area contributed by atoms with Gasteiger partial charge in [0.25, 0.3) is 0 Å². The fourth-order valence-electron chi connectivity index (χ4n) is 2.45. The molecule has 0 aromatic carbocycles. The van der Waals surface area contributed by atoms with E-state index in [2.05, 4.69) is 13.8 Å². The Morgan fingerprint density at radius 1 is 1.20 bits per heavy atom. The number of rotatable bonds is 5. The monoisotopic (exact) mass is 212 g/mol. The van der Waals surface area contributed by atoms with Crippen LogP contribution in [-0.4, -0.2) is 17.5 Å². The summed E-state index contributed by atoms with van der Waals surface area (Å²) in [7, 11) is 0. The summed E-state index contributed by atoms with van der Waals surface area (Å²) in [4.78, 5) is 11.8. The van der Waals surface area contributed by atoms with Gasteiger partial charge in [-0.3, -0.25) is 4.79 Å². The van der Waals surface area contributed by atoms with Crippen LogP contribution in [0, 0.1) is 0 Å². The summed E-state index contributed by atoms with van der Waals surface area (Å²) in [6.45, 7) is 5.95. The second kappa shape index (κ2) is 5.64. The number of hydrogen-bond donors (Lipinski definition) is 0. The molecule has 0 aromatic heterocycles. The van der Waals surface area contributed by atoms with Gasteiger partial charge in [0.1, 0.15) is 5.60 Å². The Morgan fingerprint density at radius 3 is 2.13 bits per heavy atom. The van der Waals surface area contributed by atoms with Crippen LogP contribution in [0.1, 0.15) is 65.7 Å². The Morgan fingerprint density at radius 2 is 1.73 bits per heavy atom. The molecule has 0 bridgehead atoms. The molecule has 0 radical (unpaired) electrons. The lowest BCUT2D eigenvalue weighted by atomic mass is 9.81. The average molecular weight is 212 g/mol. The van der Waals surface area contributed by atoms with Crippen LogP contribution in [0.4, 0.5) is 0 Å². The first-order valence-corrected chi connectivity index (χ1v) is 6.33. The van der Waals surface area contributed by atoms with E-state index in [0.29, 0.717) is 0 Å². The molecule has 0 saturated heterocycles. The predicted molar refractivity (Wildman–Crippen MR) is 62.0 cm³/mol. The number of ketones is 1. The first-order valence-electron chi connectivity index (χ1n) is 6.33. The van der Waals surface area contributed by atoms with E-state index in [1.165, 1.54) is 6.42 Å². The van der Waals surface area contributed by atoms with Gasteiger partial charge < -0.3 is 4.74 Å². The van der Waals surface area contributed by atoms with Gasteiger partial charge in [0.2, 0.25) is 0 Å². The van der Waals surface area contributed by atoms with E-state index in [1.807, 2.05) is 0 Å². The highest BCUT2D eigenvalue weighted by Gasteiger charge is 2.39. The van der Waals surface area contributed by atoms with Crippen LogP contribution >= 0.6 is 0 Å². The summed E-state index contributed by atoms with van der Waals surface area (Å²) >= 11 is 0. The zero-order valence-electron chi connectivity index (χ0n) is 10.3. The van der Waals surface area contributed by atoms with E-state index < -0.39 is 5.60 Å². The second-order valence-corrected chi connectivity index (χ2v) is 4.67. The summed E-state index contributed by atoms with van der Waals surface area (Å²) in [6, 6.07) is 0. The molecule has 0 N–H and O–H groups in total. The van der Waals surface area contributed by atoms with Crippen LogP contribution in [-0.2, 0) is 9.53 Å². The number of carbonyl (C=O) groups is 1. The molecule has 1 aliphatic rings. The highest BCUT2D eigenvalue weighted by molar-refractivity contribution is 5.85. The van der Waals surface area contributed by atoms with Gasteiger partial charge in [0.05, 0.1) is 6.10 Å². The maximum atomic E-state index is 11.8. The van der Waals surface area contributed by atoms with Crippen LogP contribution in [0.2, 0.25) is 0 Å². The van der Waals surface area contributed by atoms with Gasteiger partial charge in [-0.15, -0.1) is 0 Å². The quantitative estimate of drug-likeness (QED) is 0.697. The largest absolute Gasteiger partial charge is 0.364 e. The Bertz CT molecular complexity index is 201. The fourth-order valence-corrected chi connectivity index (χ4v) is 2.45. The van der Waals surface area contributed by atoms with Crippen molar-refractivity contribution in [2.45, 2.75) is 77.4 Å². The topological polar surface area (TPSA) is 26.3 Å². The molecule has 0 aromatic rings. The van der Waals surface area contributed by atoms with E-state index >= 15 is 0 Å². The molecule has 15 heavy (non-hydrogen) atoms. The molecular weight excluding hydrogens is 188 g/mol. The zero-order valence-corrected chi connectivity index (χ0v) is 10.3. The predicted octanol–water partition coefficient (Wildman–Crippen LogP) is 3.48.